The number of carbonyl (C=O) groups excluding carboxylic acids is 1. The molecule has 0 aliphatic carbocycles. The van der Waals surface area contributed by atoms with E-state index in [2.05, 4.69) is 20.5 Å². The van der Waals surface area contributed by atoms with Crippen molar-refractivity contribution in [2.24, 2.45) is 0 Å². The Morgan fingerprint density at radius 3 is 2.87 bits per heavy atom. The van der Waals surface area contributed by atoms with Crippen LogP contribution in [0.25, 0.3) is 11.0 Å². The van der Waals surface area contributed by atoms with Gasteiger partial charge in [-0.2, -0.15) is 0 Å². The highest BCUT2D eigenvalue weighted by Gasteiger charge is 2.10. The smallest absolute Gasteiger partial charge is 0.273 e. The SMILES string of the molecule is CN(C)c1cccc(CNC(=O)c2cnc3[nH][nH]c(=O)c3c2)c1. The molecule has 3 aromatic rings. The Morgan fingerprint density at radius 2 is 2.09 bits per heavy atom. The molecule has 1 aromatic carbocycles. The van der Waals surface area contributed by atoms with Crippen molar-refractivity contribution in [3.05, 3.63) is 58.0 Å². The zero-order valence-electron chi connectivity index (χ0n) is 12.9. The van der Waals surface area contributed by atoms with E-state index >= 15 is 0 Å². The lowest BCUT2D eigenvalue weighted by molar-refractivity contribution is 0.0950. The summed E-state index contributed by atoms with van der Waals surface area (Å²) in [5.74, 6) is -0.268. The predicted molar refractivity (Wildman–Crippen MR) is 88.7 cm³/mol. The number of carbonyl (C=O) groups is 1. The average Bonchev–Trinajstić information content (AvgIpc) is 2.93. The zero-order valence-corrected chi connectivity index (χ0v) is 12.9. The van der Waals surface area contributed by atoms with Gasteiger partial charge < -0.3 is 10.2 Å². The third-order valence-corrected chi connectivity index (χ3v) is 3.57. The molecule has 0 aliphatic rings. The van der Waals surface area contributed by atoms with Crippen molar-refractivity contribution in [3.63, 3.8) is 0 Å². The number of pyridine rings is 1. The number of anilines is 1. The first-order valence-electron chi connectivity index (χ1n) is 7.15. The molecule has 0 spiro atoms. The number of aromatic nitrogens is 3. The van der Waals surface area contributed by atoms with Gasteiger partial charge in [0.1, 0.15) is 0 Å². The highest BCUT2D eigenvalue weighted by Crippen LogP contribution is 2.13. The lowest BCUT2D eigenvalue weighted by atomic mass is 10.2. The Hall–Kier alpha value is -3.09. The van der Waals surface area contributed by atoms with Crippen LogP contribution in [0, 0.1) is 0 Å². The van der Waals surface area contributed by atoms with E-state index in [4.69, 9.17) is 0 Å². The Bertz CT molecular complexity index is 910. The van der Waals surface area contributed by atoms with Gasteiger partial charge in [0.25, 0.3) is 11.5 Å². The highest BCUT2D eigenvalue weighted by molar-refractivity contribution is 5.96. The largest absolute Gasteiger partial charge is 0.378 e. The molecule has 3 N–H and O–H groups in total. The minimum Gasteiger partial charge on any atom is -0.378 e. The third-order valence-electron chi connectivity index (χ3n) is 3.57. The molecule has 2 heterocycles. The summed E-state index contributed by atoms with van der Waals surface area (Å²) in [6.07, 6.45) is 1.44. The summed E-state index contributed by atoms with van der Waals surface area (Å²) in [5, 5.41) is 8.29. The normalized spacial score (nSPS) is 10.7. The zero-order chi connectivity index (χ0) is 16.4. The summed E-state index contributed by atoms with van der Waals surface area (Å²) < 4.78 is 0. The average molecular weight is 311 g/mol. The van der Waals surface area contributed by atoms with Crippen LogP contribution in [0.15, 0.2) is 41.3 Å². The Morgan fingerprint density at radius 1 is 1.26 bits per heavy atom. The van der Waals surface area contributed by atoms with Crippen molar-refractivity contribution in [1.29, 1.82) is 0 Å². The highest BCUT2D eigenvalue weighted by atomic mass is 16.1. The molecule has 0 saturated carbocycles. The summed E-state index contributed by atoms with van der Waals surface area (Å²) in [7, 11) is 3.93. The van der Waals surface area contributed by atoms with Gasteiger partial charge in [0.05, 0.1) is 10.9 Å². The van der Waals surface area contributed by atoms with Crippen LogP contribution >= 0.6 is 0 Å². The second-order valence-corrected chi connectivity index (χ2v) is 5.45. The molecule has 7 nitrogen and oxygen atoms in total. The van der Waals surface area contributed by atoms with Gasteiger partial charge >= 0.3 is 0 Å². The molecule has 0 bridgehead atoms. The quantitative estimate of drug-likeness (QED) is 0.676. The maximum atomic E-state index is 12.2. The van der Waals surface area contributed by atoms with E-state index in [9.17, 15) is 9.59 Å². The van der Waals surface area contributed by atoms with Gasteiger partial charge in [0, 0.05) is 32.5 Å². The standard InChI is InChI=1S/C16H17N5O2/c1-21(2)12-5-3-4-10(6-12)8-18-15(22)11-7-13-14(17-9-11)19-20-16(13)23/h3-7,9H,8H2,1-2H3,(H,18,22)(H2,17,19,20,23). The predicted octanol–water partition coefficient (Wildman–Crippen LogP) is 1.25. The fraction of sp³-hybridized carbons (Fsp3) is 0.188. The third kappa shape index (κ3) is 3.08. The molecular weight excluding hydrogens is 294 g/mol. The fourth-order valence-electron chi connectivity index (χ4n) is 2.27. The topological polar surface area (TPSA) is 93.9 Å². The Balaban J connectivity index is 1.74. The van der Waals surface area contributed by atoms with Gasteiger partial charge in [-0.15, -0.1) is 0 Å². The van der Waals surface area contributed by atoms with Gasteiger partial charge in [-0.3, -0.25) is 19.8 Å². The molecule has 1 amide bonds. The minimum absolute atomic E-state index is 0.268. The van der Waals surface area contributed by atoms with Crippen molar-refractivity contribution in [2.45, 2.75) is 6.54 Å². The summed E-state index contributed by atoms with van der Waals surface area (Å²) in [6, 6.07) is 9.44. The van der Waals surface area contributed by atoms with Crippen LogP contribution in [0.3, 0.4) is 0 Å². The molecule has 0 radical (unpaired) electrons. The molecule has 3 rings (SSSR count). The van der Waals surface area contributed by atoms with Gasteiger partial charge in [0.15, 0.2) is 5.65 Å². The number of fused-ring (bicyclic) bond motifs is 1. The first-order chi connectivity index (χ1) is 11.0. The number of hydrogen-bond acceptors (Lipinski definition) is 4. The number of nitrogens with zero attached hydrogens (tertiary/aromatic N) is 2. The molecule has 0 saturated heterocycles. The van der Waals surface area contributed by atoms with E-state index < -0.39 is 0 Å². The van der Waals surface area contributed by atoms with E-state index in [0.717, 1.165) is 11.3 Å². The molecule has 23 heavy (non-hydrogen) atoms. The van der Waals surface area contributed by atoms with Crippen LogP contribution < -0.4 is 15.8 Å². The Labute approximate surface area is 132 Å². The number of aromatic amines is 2. The van der Waals surface area contributed by atoms with Crippen LogP contribution in [-0.4, -0.2) is 35.2 Å². The summed E-state index contributed by atoms with van der Waals surface area (Å²) in [5.41, 5.74) is 2.56. The molecule has 0 unspecified atom stereocenters. The number of hydrogen-bond donors (Lipinski definition) is 3. The van der Waals surface area contributed by atoms with E-state index in [1.807, 2.05) is 43.3 Å². The lowest BCUT2D eigenvalue weighted by Crippen LogP contribution is -2.23. The van der Waals surface area contributed by atoms with Crippen LogP contribution in [0.1, 0.15) is 15.9 Å². The van der Waals surface area contributed by atoms with E-state index in [1.165, 1.54) is 12.3 Å². The second kappa shape index (κ2) is 5.96. The number of H-pyrrole nitrogens is 2. The van der Waals surface area contributed by atoms with E-state index in [-0.39, 0.29) is 11.5 Å². The van der Waals surface area contributed by atoms with Crippen LogP contribution in [0.2, 0.25) is 0 Å². The monoisotopic (exact) mass is 311 g/mol. The summed E-state index contributed by atoms with van der Waals surface area (Å²) >= 11 is 0. The number of rotatable bonds is 4. The molecule has 0 aliphatic heterocycles. The van der Waals surface area contributed by atoms with Crippen LogP contribution in [0.5, 0.6) is 0 Å². The molecule has 7 heteroatoms. The lowest BCUT2D eigenvalue weighted by Gasteiger charge is -2.13. The van der Waals surface area contributed by atoms with Gasteiger partial charge in [-0.05, 0) is 23.8 Å². The van der Waals surface area contributed by atoms with Crippen molar-refractivity contribution in [3.8, 4) is 0 Å². The number of nitrogens with one attached hydrogen (secondary N) is 3. The first kappa shape index (κ1) is 14.8. The maximum absolute atomic E-state index is 12.2. The molecule has 2 aromatic heterocycles. The molecule has 0 fully saturated rings. The minimum atomic E-state index is -0.291. The van der Waals surface area contributed by atoms with Crippen LogP contribution in [0.4, 0.5) is 5.69 Å². The first-order valence-corrected chi connectivity index (χ1v) is 7.15. The van der Waals surface area contributed by atoms with Crippen molar-refractivity contribution >= 4 is 22.6 Å². The number of amides is 1. The Kier molecular flexibility index (Phi) is 3.84. The summed E-state index contributed by atoms with van der Waals surface area (Å²) in [4.78, 5) is 29.9. The molecule has 0 atom stereocenters. The maximum Gasteiger partial charge on any atom is 0.273 e. The molecule has 118 valence electrons. The van der Waals surface area contributed by atoms with E-state index in [1.54, 1.807) is 0 Å². The van der Waals surface area contributed by atoms with E-state index in [0.29, 0.717) is 23.1 Å². The fourth-order valence-corrected chi connectivity index (χ4v) is 2.27. The summed E-state index contributed by atoms with van der Waals surface area (Å²) in [6.45, 7) is 0.405. The van der Waals surface area contributed by atoms with Crippen molar-refractivity contribution in [1.82, 2.24) is 20.5 Å². The van der Waals surface area contributed by atoms with Crippen LogP contribution in [-0.2, 0) is 6.54 Å². The number of benzene rings is 1. The van der Waals surface area contributed by atoms with Gasteiger partial charge in [-0.25, -0.2) is 4.98 Å². The van der Waals surface area contributed by atoms with Crippen molar-refractivity contribution < 1.29 is 4.79 Å². The van der Waals surface area contributed by atoms with Gasteiger partial charge in [0.2, 0.25) is 0 Å². The van der Waals surface area contributed by atoms with Gasteiger partial charge in [-0.1, -0.05) is 12.1 Å². The van der Waals surface area contributed by atoms with Crippen molar-refractivity contribution in [2.75, 3.05) is 19.0 Å². The second-order valence-electron chi connectivity index (χ2n) is 5.45. The molecular formula is C16H17N5O2.